The largest absolute Gasteiger partial charge is 0.313 e. The molecule has 0 heterocycles. The fourth-order valence-corrected chi connectivity index (χ4v) is 2.16. The Hall–Kier alpha value is 0.310. The highest BCUT2D eigenvalue weighted by Gasteiger charge is 2.08. The number of nitrogens with one attached hydrogen (secondary N) is 1. The molecule has 2 heteroatoms. The lowest BCUT2D eigenvalue weighted by Crippen LogP contribution is -2.33. The second-order valence-corrected chi connectivity index (χ2v) is 5.26. The zero-order valence-corrected chi connectivity index (χ0v) is 10.4. The van der Waals surface area contributed by atoms with Crippen LogP contribution in [0.3, 0.4) is 0 Å². The summed E-state index contributed by atoms with van der Waals surface area (Å²) in [5.74, 6) is 3.32. The molecule has 0 aliphatic carbocycles. The molecule has 0 aromatic carbocycles. The van der Waals surface area contributed by atoms with Gasteiger partial charge in [0, 0.05) is 11.8 Å². The third kappa shape index (κ3) is 8.63. The maximum Gasteiger partial charge on any atom is 0.0160 e. The summed E-state index contributed by atoms with van der Waals surface area (Å²) >= 11 is 2.05. The van der Waals surface area contributed by atoms with E-state index in [1.807, 2.05) is 11.8 Å². The molecular weight excluding hydrogens is 178 g/mol. The first-order valence-electron chi connectivity index (χ1n) is 5.51. The highest BCUT2D eigenvalue weighted by atomic mass is 32.2. The van der Waals surface area contributed by atoms with Crippen LogP contribution in [0, 0.1) is 5.92 Å². The van der Waals surface area contributed by atoms with E-state index < -0.39 is 0 Å². The van der Waals surface area contributed by atoms with Gasteiger partial charge in [-0.2, -0.15) is 11.8 Å². The average Bonchev–Trinajstić information content (AvgIpc) is 2.09. The van der Waals surface area contributed by atoms with Gasteiger partial charge >= 0.3 is 0 Å². The zero-order chi connectivity index (χ0) is 10.1. The molecule has 13 heavy (non-hydrogen) atoms. The Kier molecular flexibility index (Phi) is 9.10. The van der Waals surface area contributed by atoms with E-state index in [1.54, 1.807) is 0 Å². The van der Waals surface area contributed by atoms with Gasteiger partial charge < -0.3 is 5.32 Å². The van der Waals surface area contributed by atoms with Crippen LogP contribution >= 0.6 is 11.8 Å². The van der Waals surface area contributed by atoms with Crippen LogP contribution in [0.15, 0.2) is 0 Å². The first-order valence-corrected chi connectivity index (χ1v) is 6.67. The maximum absolute atomic E-state index is 3.61. The average molecular weight is 203 g/mol. The predicted molar refractivity (Wildman–Crippen MR) is 64.5 cm³/mol. The Morgan fingerprint density at radius 2 is 1.92 bits per heavy atom. The monoisotopic (exact) mass is 203 g/mol. The van der Waals surface area contributed by atoms with Gasteiger partial charge in [0.15, 0.2) is 0 Å². The van der Waals surface area contributed by atoms with Crippen LogP contribution in [-0.4, -0.2) is 24.1 Å². The molecule has 0 aliphatic rings. The smallest absolute Gasteiger partial charge is 0.0160 e. The molecule has 0 aromatic rings. The van der Waals surface area contributed by atoms with Gasteiger partial charge in [0.2, 0.25) is 0 Å². The Labute approximate surface area is 88.1 Å². The van der Waals surface area contributed by atoms with Gasteiger partial charge in [-0.15, -0.1) is 0 Å². The normalized spacial score (nSPS) is 13.6. The summed E-state index contributed by atoms with van der Waals surface area (Å²) in [6.45, 7) is 10.2. The molecule has 0 saturated carbocycles. The summed E-state index contributed by atoms with van der Waals surface area (Å²) in [4.78, 5) is 0. The van der Waals surface area contributed by atoms with Gasteiger partial charge in [-0.05, 0) is 31.1 Å². The molecule has 0 aliphatic heterocycles. The zero-order valence-electron chi connectivity index (χ0n) is 9.60. The molecule has 0 rings (SSSR count). The van der Waals surface area contributed by atoms with Crippen molar-refractivity contribution in [2.45, 2.75) is 46.6 Å². The topological polar surface area (TPSA) is 12.0 Å². The fourth-order valence-electron chi connectivity index (χ4n) is 1.39. The van der Waals surface area contributed by atoms with Crippen molar-refractivity contribution >= 4 is 11.8 Å². The van der Waals surface area contributed by atoms with Gasteiger partial charge in [0.1, 0.15) is 0 Å². The van der Waals surface area contributed by atoms with Crippen LogP contribution in [0.5, 0.6) is 0 Å². The van der Waals surface area contributed by atoms with Crippen LogP contribution in [0.2, 0.25) is 0 Å². The first kappa shape index (κ1) is 13.3. The van der Waals surface area contributed by atoms with Crippen molar-refractivity contribution in [2.75, 3.05) is 18.1 Å². The van der Waals surface area contributed by atoms with Crippen molar-refractivity contribution in [3.63, 3.8) is 0 Å². The Bertz CT molecular complexity index is 96.3. The summed E-state index contributed by atoms with van der Waals surface area (Å²) in [5, 5.41) is 3.61. The van der Waals surface area contributed by atoms with Crippen LogP contribution < -0.4 is 5.32 Å². The molecule has 0 radical (unpaired) electrons. The van der Waals surface area contributed by atoms with E-state index >= 15 is 0 Å². The number of hydrogen-bond acceptors (Lipinski definition) is 2. The molecule has 1 N–H and O–H groups in total. The Balaban J connectivity index is 3.60. The lowest BCUT2D eigenvalue weighted by molar-refractivity contribution is 0.448. The van der Waals surface area contributed by atoms with Crippen LogP contribution in [0.25, 0.3) is 0 Å². The minimum absolute atomic E-state index is 0.727. The molecule has 1 nitrogen and oxygen atoms in total. The van der Waals surface area contributed by atoms with E-state index in [2.05, 4.69) is 33.0 Å². The van der Waals surface area contributed by atoms with Crippen LogP contribution in [0.1, 0.15) is 40.5 Å². The minimum atomic E-state index is 0.727. The van der Waals surface area contributed by atoms with Crippen molar-refractivity contribution in [3.8, 4) is 0 Å². The van der Waals surface area contributed by atoms with Gasteiger partial charge in [0.05, 0.1) is 0 Å². The maximum atomic E-state index is 3.61. The van der Waals surface area contributed by atoms with Gasteiger partial charge in [-0.25, -0.2) is 0 Å². The van der Waals surface area contributed by atoms with Crippen molar-refractivity contribution in [1.82, 2.24) is 5.32 Å². The molecule has 0 saturated heterocycles. The number of hydrogen-bond donors (Lipinski definition) is 1. The van der Waals surface area contributed by atoms with E-state index in [4.69, 9.17) is 0 Å². The molecule has 80 valence electrons. The van der Waals surface area contributed by atoms with Crippen LogP contribution in [0.4, 0.5) is 0 Å². The van der Waals surface area contributed by atoms with E-state index in [9.17, 15) is 0 Å². The Morgan fingerprint density at radius 3 is 2.38 bits per heavy atom. The minimum Gasteiger partial charge on any atom is -0.313 e. The fraction of sp³-hybridized carbons (Fsp3) is 1.00. The molecule has 1 atom stereocenters. The molecule has 1 unspecified atom stereocenters. The predicted octanol–water partition coefficient (Wildman–Crippen LogP) is 3.15. The third-order valence-electron chi connectivity index (χ3n) is 1.96. The summed E-state index contributed by atoms with van der Waals surface area (Å²) in [6.07, 6.45) is 2.55. The second kappa shape index (κ2) is 8.89. The molecule has 0 aromatic heterocycles. The van der Waals surface area contributed by atoms with Crippen molar-refractivity contribution in [3.05, 3.63) is 0 Å². The van der Waals surface area contributed by atoms with E-state index in [0.717, 1.165) is 12.0 Å². The second-order valence-electron chi connectivity index (χ2n) is 3.94. The van der Waals surface area contributed by atoms with Crippen molar-refractivity contribution < 1.29 is 0 Å². The molecule has 0 bridgehead atoms. The quantitative estimate of drug-likeness (QED) is 0.650. The molecular formula is C11H25NS. The van der Waals surface area contributed by atoms with E-state index in [1.165, 1.54) is 30.9 Å². The van der Waals surface area contributed by atoms with E-state index in [-0.39, 0.29) is 0 Å². The molecule has 0 spiro atoms. The summed E-state index contributed by atoms with van der Waals surface area (Å²) < 4.78 is 0. The van der Waals surface area contributed by atoms with Gasteiger partial charge in [0.25, 0.3) is 0 Å². The van der Waals surface area contributed by atoms with E-state index in [0.29, 0.717) is 0 Å². The van der Waals surface area contributed by atoms with Crippen molar-refractivity contribution in [1.29, 1.82) is 0 Å². The van der Waals surface area contributed by atoms with Gasteiger partial charge in [-0.1, -0.05) is 27.7 Å². The number of rotatable bonds is 8. The Morgan fingerprint density at radius 1 is 1.23 bits per heavy atom. The van der Waals surface area contributed by atoms with Gasteiger partial charge in [-0.3, -0.25) is 0 Å². The summed E-state index contributed by atoms with van der Waals surface area (Å²) in [5.41, 5.74) is 0. The highest BCUT2D eigenvalue weighted by Crippen LogP contribution is 2.10. The SMILES string of the molecule is CCCNC(CSCC)CC(C)C. The summed E-state index contributed by atoms with van der Waals surface area (Å²) in [6, 6.07) is 0.727. The summed E-state index contributed by atoms with van der Waals surface area (Å²) in [7, 11) is 0. The third-order valence-corrected chi connectivity index (χ3v) is 3.01. The van der Waals surface area contributed by atoms with Crippen molar-refractivity contribution in [2.24, 2.45) is 5.92 Å². The van der Waals surface area contributed by atoms with Crippen LogP contribution in [-0.2, 0) is 0 Å². The molecule has 0 fully saturated rings. The first-order chi connectivity index (χ1) is 6.20. The standard InChI is InChI=1S/C11H25NS/c1-5-7-12-11(8-10(3)4)9-13-6-2/h10-12H,5-9H2,1-4H3. The molecule has 0 amide bonds. The lowest BCUT2D eigenvalue weighted by atomic mass is 10.1. The number of thioether (sulfide) groups is 1. The highest BCUT2D eigenvalue weighted by molar-refractivity contribution is 7.99. The lowest BCUT2D eigenvalue weighted by Gasteiger charge is -2.19.